The Morgan fingerprint density at radius 1 is 1.00 bits per heavy atom. The van der Waals surface area contributed by atoms with Gasteiger partial charge in [-0.15, -0.1) is 0 Å². The minimum Gasteiger partial charge on any atom is -0.392 e. The van der Waals surface area contributed by atoms with Gasteiger partial charge in [0.1, 0.15) is 5.82 Å². The fraction of sp³-hybridized carbons (Fsp3) is 0.0667. The lowest BCUT2D eigenvalue weighted by molar-refractivity contribution is 0.343. The van der Waals surface area contributed by atoms with Crippen LogP contribution in [0.2, 0.25) is 0 Å². The van der Waals surface area contributed by atoms with Crippen LogP contribution in [0.3, 0.4) is 0 Å². The lowest BCUT2D eigenvalue weighted by Crippen LogP contribution is -1.93. The standard InChI is InChI=1S/C15H13FO/c16-15-9-5-4-8-14(15)13(10-11-17)12-6-2-1-3-7-12/h1-10,17H,11H2. The van der Waals surface area contributed by atoms with E-state index in [-0.39, 0.29) is 12.4 Å². The molecule has 0 bridgehead atoms. The fourth-order valence-corrected chi connectivity index (χ4v) is 1.77. The van der Waals surface area contributed by atoms with Gasteiger partial charge < -0.3 is 5.11 Å². The van der Waals surface area contributed by atoms with Gasteiger partial charge >= 0.3 is 0 Å². The van der Waals surface area contributed by atoms with Crippen molar-refractivity contribution < 1.29 is 9.50 Å². The number of rotatable bonds is 3. The highest BCUT2D eigenvalue weighted by molar-refractivity contribution is 5.80. The van der Waals surface area contributed by atoms with Gasteiger partial charge in [-0.3, -0.25) is 0 Å². The number of hydrogen-bond acceptors (Lipinski definition) is 1. The van der Waals surface area contributed by atoms with E-state index in [0.29, 0.717) is 11.1 Å². The van der Waals surface area contributed by atoms with Gasteiger partial charge in [-0.2, -0.15) is 0 Å². The van der Waals surface area contributed by atoms with Crippen LogP contribution in [0.4, 0.5) is 4.39 Å². The largest absolute Gasteiger partial charge is 0.392 e. The van der Waals surface area contributed by atoms with Crippen LogP contribution in [0.5, 0.6) is 0 Å². The number of aliphatic hydroxyl groups is 1. The molecule has 2 aromatic carbocycles. The SMILES string of the molecule is OCC=C(c1ccccc1)c1ccccc1F. The molecule has 0 atom stereocenters. The van der Waals surface area contributed by atoms with Gasteiger partial charge in [-0.05, 0) is 17.2 Å². The third kappa shape index (κ3) is 2.60. The first-order valence-electron chi connectivity index (χ1n) is 5.44. The molecule has 86 valence electrons. The van der Waals surface area contributed by atoms with E-state index in [1.807, 2.05) is 30.3 Å². The van der Waals surface area contributed by atoms with E-state index in [9.17, 15) is 4.39 Å². The summed E-state index contributed by atoms with van der Waals surface area (Å²) in [6.45, 7) is -0.113. The van der Waals surface area contributed by atoms with E-state index in [4.69, 9.17) is 5.11 Å². The topological polar surface area (TPSA) is 20.2 Å². The molecule has 0 heterocycles. The second-order valence-corrected chi connectivity index (χ2v) is 3.65. The molecular formula is C15H13FO. The summed E-state index contributed by atoms with van der Waals surface area (Å²) < 4.78 is 13.7. The zero-order chi connectivity index (χ0) is 12.1. The van der Waals surface area contributed by atoms with Crippen molar-refractivity contribution in [2.45, 2.75) is 0 Å². The predicted octanol–water partition coefficient (Wildman–Crippen LogP) is 3.25. The Morgan fingerprint density at radius 3 is 2.29 bits per heavy atom. The minimum absolute atomic E-state index is 0.113. The maximum Gasteiger partial charge on any atom is 0.131 e. The normalized spacial score (nSPS) is 11.5. The molecule has 0 fully saturated rings. The molecule has 2 aromatic rings. The van der Waals surface area contributed by atoms with Gasteiger partial charge in [-0.25, -0.2) is 4.39 Å². The summed E-state index contributed by atoms with van der Waals surface area (Å²) in [7, 11) is 0. The molecule has 0 aliphatic rings. The Bertz CT molecular complexity index is 517. The lowest BCUT2D eigenvalue weighted by atomic mass is 9.97. The average Bonchev–Trinajstić information content (AvgIpc) is 2.38. The van der Waals surface area contributed by atoms with Crippen molar-refractivity contribution in [2.24, 2.45) is 0 Å². The number of benzene rings is 2. The van der Waals surface area contributed by atoms with E-state index in [1.54, 1.807) is 24.3 Å². The fourth-order valence-electron chi connectivity index (χ4n) is 1.77. The highest BCUT2D eigenvalue weighted by Crippen LogP contribution is 2.25. The number of halogens is 1. The van der Waals surface area contributed by atoms with Crippen LogP contribution < -0.4 is 0 Å². The van der Waals surface area contributed by atoms with Crippen LogP contribution in [0.1, 0.15) is 11.1 Å². The van der Waals surface area contributed by atoms with Gasteiger partial charge in [0.2, 0.25) is 0 Å². The van der Waals surface area contributed by atoms with Gasteiger partial charge in [0.05, 0.1) is 6.61 Å². The average molecular weight is 228 g/mol. The van der Waals surface area contributed by atoms with Crippen molar-refractivity contribution in [2.75, 3.05) is 6.61 Å². The molecule has 0 amide bonds. The Balaban J connectivity index is 2.52. The third-order valence-corrected chi connectivity index (χ3v) is 2.54. The molecule has 0 saturated heterocycles. The first-order chi connectivity index (χ1) is 8.33. The molecule has 17 heavy (non-hydrogen) atoms. The van der Waals surface area contributed by atoms with Crippen LogP contribution in [-0.4, -0.2) is 11.7 Å². The molecule has 0 unspecified atom stereocenters. The van der Waals surface area contributed by atoms with Crippen LogP contribution in [-0.2, 0) is 0 Å². The summed E-state index contributed by atoms with van der Waals surface area (Å²) >= 11 is 0. The molecule has 2 heteroatoms. The van der Waals surface area contributed by atoms with E-state index in [2.05, 4.69) is 0 Å². The first-order valence-corrected chi connectivity index (χ1v) is 5.44. The molecule has 1 N–H and O–H groups in total. The van der Waals surface area contributed by atoms with Gasteiger partial charge in [0.25, 0.3) is 0 Å². The van der Waals surface area contributed by atoms with Crippen LogP contribution in [0, 0.1) is 5.82 Å². The maximum atomic E-state index is 13.7. The third-order valence-electron chi connectivity index (χ3n) is 2.54. The summed E-state index contributed by atoms with van der Waals surface area (Å²) in [5.41, 5.74) is 2.12. The van der Waals surface area contributed by atoms with E-state index < -0.39 is 0 Å². The molecular weight excluding hydrogens is 215 g/mol. The second-order valence-electron chi connectivity index (χ2n) is 3.65. The Labute approximate surface area is 99.9 Å². The molecule has 0 saturated carbocycles. The van der Waals surface area contributed by atoms with Gasteiger partial charge in [-0.1, -0.05) is 54.6 Å². The quantitative estimate of drug-likeness (QED) is 0.855. The van der Waals surface area contributed by atoms with Gasteiger partial charge in [0.15, 0.2) is 0 Å². The highest BCUT2D eigenvalue weighted by Gasteiger charge is 2.08. The van der Waals surface area contributed by atoms with Crippen LogP contribution in [0.15, 0.2) is 60.7 Å². The van der Waals surface area contributed by atoms with Crippen molar-refractivity contribution in [3.8, 4) is 0 Å². The maximum absolute atomic E-state index is 13.7. The van der Waals surface area contributed by atoms with Crippen LogP contribution in [0.25, 0.3) is 5.57 Å². The Hall–Kier alpha value is -1.93. The zero-order valence-corrected chi connectivity index (χ0v) is 9.31. The lowest BCUT2D eigenvalue weighted by Gasteiger charge is -2.09. The van der Waals surface area contributed by atoms with Gasteiger partial charge in [0, 0.05) is 5.56 Å². The number of hydrogen-bond donors (Lipinski definition) is 1. The van der Waals surface area contributed by atoms with Crippen molar-refractivity contribution in [3.63, 3.8) is 0 Å². The van der Waals surface area contributed by atoms with E-state index >= 15 is 0 Å². The van der Waals surface area contributed by atoms with Crippen molar-refractivity contribution in [1.82, 2.24) is 0 Å². The molecule has 0 aromatic heterocycles. The van der Waals surface area contributed by atoms with E-state index in [0.717, 1.165) is 5.56 Å². The molecule has 2 rings (SSSR count). The molecule has 0 aliphatic heterocycles. The van der Waals surface area contributed by atoms with Crippen molar-refractivity contribution in [1.29, 1.82) is 0 Å². The molecule has 1 nitrogen and oxygen atoms in total. The summed E-state index contributed by atoms with van der Waals surface area (Å²) in [4.78, 5) is 0. The Morgan fingerprint density at radius 2 is 1.65 bits per heavy atom. The predicted molar refractivity (Wildman–Crippen MR) is 67.0 cm³/mol. The summed E-state index contributed by atoms with van der Waals surface area (Å²) in [6.07, 6.45) is 1.62. The molecule has 0 aliphatic carbocycles. The minimum atomic E-state index is -0.281. The van der Waals surface area contributed by atoms with Crippen LogP contribution >= 0.6 is 0 Å². The van der Waals surface area contributed by atoms with E-state index in [1.165, 1.54) is 6.07 Å². The highest BCUT2D eigenvalue weighted by atomic mass is 19.1. The zero-order valence-electron chi connectivity index (χ0n) is 9.31. The molecule has 0 radical (unpaired) electrons. The summed E-state index contributed by atoms with van der Waals surface area (Å²) in [6, 6.07) is 16.0. The summed E-state index contributed by atoms with van der Waals surface area (Å²) in [5.74, 6) is -0.281. The smallest absolute Gasteiger partial charge is 0.131 e. The molecule has 0 spiro atoms. The van der Waals surface area contributed by atoms with Crippen molar-refractivity contribution in [3.05, 3.63) is 77.6 Å². The monoisotopic (exact) mass is 228 g/mol. The first kappa shape index (κ1) is 11.6. The Kier molecular flexibility index (Phi) is 3.68. The number of aliphatic hydroxyl groups excluding tert-OH is 1. The summed E-state index contributed by atoms with van der Waals surface area (Å²) in [5, 5.41) is 9.05. The van der Waals surface area contributed by atoms with Crippen molar-refractivity contribution >= 4 is 5.57 Å². The second kappa shape index (κ2) is 5.41.